The maximum Gasteiger partial charge on any atom is 0.319 e. The van der Waals surface area contributed by atoms with E-state index in [1.165, 1.54) is 7.11 Å². The molecule has 1 aromatic heterocycles. The molecule has 1 aliphatic heterocycles. The summed E-state index contributed by atoms with van der Waals surface area (Å²) in [6.45, 7) is 1.41. The fourth-order valence-corrected chi connectivity index (χ4v) is 2.77. The highest BCUT2D eigenvalue weighted by Crippen LogP contribution is 2.19. The zero-order valence-corrected chi connectivity index (χ0v) is 13.7. The van der Waals surface area contributed by atoms with Crippen LogP contribution in [-0.4, -0.2) is 47.1 Å². The first-order valence-electron chi connectivity index (χ1n) is 8.10. The Labute approximate surface area is 141 Å². The zero-order chi connectivity index (χ0) is 16.8. The first-order valence-corrected chi connectivity index (χ1v) is 8.10. The average molecular weight is 327 g/mol. The van der Waals surface area contributed by atoms with Crippen molar-refractivity contribution in [2.45, 2.75) is 25.4 Å². The van der Waals surface area contributed by atoms with Crippen LogP contribution in [-0.2, 0) is 11.2 Å². The molecule has 3 rings (SSSR count). The molecule has 126 valence electrons. The van der Waals surface area contributed by atoms with E-state index in [2.05, 4.69) is 9.97 Å². The number of carbonyl (C=O) groups excluding carboxylic acids is 1. The number of hydrogen-bond donors (Lipinski definition) is 0. The molecule has 2 heterocycles. The summed E-state index contributed by atoms with van der Waals surface area (Å²) in [5, 5.41) is 0. The van der Waals surface area contributed by atoms with E-state index in [9.17, 15) is 4.79 Å². The highest BCUT2D eigenvalue weighted by molar-refractivity contribution is 5.78. The highest BCUT2D eigenvalue weighted by atomic mass is 16.5. The van der Waals surface area contributed by atoms with Crippen molar-refractivity contribution in [3.63, 3.8) is 0 Å². The van der Waals surface area contributed by atoms with Gasteiger partial charge >= 0.3 is 6.01 Å². The Morgan fingerprint density at radius 2 is 1.96 bits per heavy atom. The normalized spacial score (nSPS) is 15.1. The van der Waals surface area contributed by atoms with Gasteiger partial charge in [-0.1, -0.05) is 30.3 Å². The standard InChI is InChI=1S/C18H21N3O3/c1-23-18-19-10-7-16(20-18)24-15-8-11-21(12-9-15)17(22)13-14-5-3-2-4-6-14/h2-7,10,15H,8-9,11-13H2,1H3. The molecular weight excluding hydrogens is 306 g/mol. The number of methoxy groups -OCH3 is 1. The summed E-state index contributed by atoms with van der Waals surface area (Å²) in [5.41, 5.74) is 1.05. The molecule has 1 saturated heterocycles. The third kappa shape index (κ3) is 4.22. The van der Waals surface area contributed by atoms with Crippen LogP contribution in [0.3, 0.4) is 0 Å². The molecule has 1 aromatic carbocycles. The van der Waals surface area contributed by atoms with Crippen LogP contribution in [0, 0.1) is 0 Å². The lowest BCUT2D eigenvalue weighted by Crippen LogP contribution is -2.42. The van der Waals surface area contributed by atoms with Crippen molar-refractivity contribution in [3.05, 3.63) is 48.2 Å². The van der Waals surface area contributed by atoms with Crippen molar-refractivity contribution in [2.24, 2.45) is 0 Å². The number of rotatable bonds is 5. The molecule has 1 aliphatic rings. The first kappa shape index (κ1) is 16.2. The van der Waals surface area contributed by atoms with Gasteiger partial charge in [-0.15, -0.1) is 0 Å². The van der Waals surface area contributed by atoms with Crippen LogP contribution in [0.2, 0.25) is 0 Å². The third-order valence-corrected chi connectivity index (χ3v) is 4.07. The molecule has 0 aliphatic carbocycles. The SMILES string of the molecule is COc1nccc(OC2CCN(C(=O)Cc3ccccc3)CC2)n1. The summed E-state index contributed by atoms with van der Waals surface area (Å²) in [7, 11) is 1.52. The Kier molecular flexibility index (Phi) is 5.25. The van der Waals surface area contributed by atoms with Crippen LogP contribution in [0.25, 0.3) is 0 Å². The zero-order valence-electron chi connectivity index (χ0n) is 13.7. The fraction of sp³-hybridized carbons (Fsp3) is 0.389. The molecule has 24 heavy (non-hydrogen) atoms. The lowest BCUT2D eigenvalue weighted by Gasteiger charge is -2.32. The summed E-state index contributed by atoms with van der Waals surface area (Å²) in [5.74, 6) is 0.680. The average Bonchev–Trinajstić information content (AvgIpc) is 2.63. The van der Waals surface area contributed by atoms with Crippen molar-refractivity contribution in [3.8, 4) is 11.9 Å². The quantitative estimate of drug-likeness (QED) is 0.841. The Bertz CT molecular complexity index is 670. The number of nitrogens with zero attached hydrogens (tertiary/aromatic N) is 3. The van der Waals surface area contributed by atoms with Gasteiger partial charge in [-0.2, -0.15) is 4.98 Å². The van der Waals surface area contributed by atoms with Gasteiger partial charge in [0.05, 0.1) is 13.5 Å². The number of ether oxygens (including phenoxy) is 2. The Balaban J connectivity index is 1.49. The van der Waals surface area contributed by atoms with Crippen LogP contribution in [0.1, 0.15) is 18.4 Å². The fourth-order valence-electron chi connectivity index (χ4n) is 2.77. The van der Waals surface area contributed by atoms with E-state index in [-0.39, 0.29) is 12.0 Å². The van der Waals surface area contributed by atoms with E-state index in [0.717, 1.165) is 18.4 Å². The monoisotopic (exact) mass is 327 g/mol. The lowest BCUT2D eigenvalue weighted by molar-refractivity contribution is -0.132. The second-order valence-corrected chi connectivity index (χ2v) is 5.74. The van der Waals surface area contributed by atoms with Crippen LogP contribution in [0.4, 0.5) is 0 Å². The van der Waals surface area contributed by atoms with Gasteiger partial charge in [0.25, 0.3) is 0 Å². The second kappa shape index (κ2) is 7.77. The molecule has 0 radical (unpaired) electrons. The van der Waals surface area contributed by atoms with Gasteiger partial charge in [0, 0.05) is 38.2 Å². The van der Waals surface area contributed by atoms with Gasteiger partial charge in [-0.05, 0) is 5.56 Å². The molecule has 0 atom stereocenters. The minimum absolute atomic E-state index is 0.0605. The Hall–Kier alpha value is -2.63. The van der Waals surface area contributed by atoms with E-state index in [0.29, 0.717) is 31.4 Å². The van der Waals surface area contributed by atoms with Crippen molar-refractivity contribution < 1.29 is 14.3 Å². The number of benzene rings is 1. The topological polar surface area (TPSA) is 64.6 Å². The number of aromatic nitrogens is 2. The predicted octanol–water partition coefficient (Wildman–Crippen LogP) is 2.10. The van der Waals surface area contributed by atoms with Gasteiger partial charge in [-0.3, -0.25) is 4.79 Å². The van der Waals surface area contributed by atoms with Crippen LogP contribution in [0.15, 0.2) is 42.6 Å². The maximum absolute atomic E-state index is 12.4. The molecule has 6 nitrogen and oxygen atoms in total. The number of likely N-dealkylation sites (tertiary alicyclic amines) is 1. The molecular formula is C18H21N3O3. The van der Waals surface area contributed by atoms with Gasteiger partial charge in [0.2, 0.25) is 11.8 Å². The number of piperidine rings is 1. The van der Waals surface area contributed by atoms with Crippen LogP contribution < -0.4 is 9.47 Å². The Morgan fingerprint density at radius 1 is 1.21 bits per heavy atom. The second-order valence-electron chi connectivity index (χ2n) is 5.74. The number of carbonyl (C=O) groups is 1. The Morgan fingerprint density at radius 3 is 2.67 bits per heavy atom. The van der Waals surface area contributed by atoms with Gasteiger partial charge in [0.15, 0.2) is 0 Å². The molecule has 0 N–H and O–H groups in total. The van der Waals surface area contributed by atoms with Gasteiger partial charge < -0.3 is 14.4 Å². The van der Waals surface area contributed by atoms with Gasteiger partial charge in [0.1, 0.15) is 6.10 Å². The van der Waals surface area contributed by atoms with Crippen molar-refractivity contribution >= 4 is 5.91 Å². The molecule has 1 amide bonds. The molecule has 1 fully saturated rings. The van der Waals surface area contributed by atoms with Crippen molar-refractivity contribution in [1.29, 1.82) is 0 Å². The van der Waals surface area contributed by atoms with E-state index in [4.69, 9.17) is 9.47 Å². The molecule has 6 heteroatoms. The summed E-state index contributed by atoms with van der Waals surface area (Å²) < 4.78 is 10.9. The van der Waals surface area contributed by atoms with E-state index < -0.39 is 0 Å². The molecule has 0 spiro atoms. The number of hydrogen-bond acceptors (Lipinski definition) is 5. The van der Waals surface area contributed by atoms with Crippen LogP contribution in [0.5, 0.6) is 11.9 Å². The summed E-state index contributed by atoms with van der Waals surface area (Å²) >= 11 is 0. The summed E-state index contributed by atoms with van der Waals surface area (Å²) in [6, 6.07) is 11.8. The molecule has 2 aromatic rings. The van der Waals surface area contributed by atoms with E-state index in [1.54, 1.807) is 12.3 Å². The van der Waals surface area contributed by atoms with Crippen molar-refractivity contribution in [1.82, 2.24) is 14.9 Å². The molecule has 0 saturated carbocycles. The molecule has 0 bridgehead atoms. The first-order chi connectivity index (χ1) is 11.7. The smallest absolute Gasteiger partial charge is 0.319 e. The summed E-state index contributed by atoms with van der Waals surface area (Å²) in [4.78, 5) is 22.4. The van der Waals surface area contributed by atoms with Crippen LogP contribution >= 0.6 is 0 Å². The van der Waals surface area contributed by atoms with E-state index >= 15 is 0 Å². The van der Waals surface area contributed by atoms with Gasteiger partial charge in [-0.25, -0.2) is 4.98 Å². The molecule has 0 unspecified atom stereocenters. The predicted molar refractivity (Wildman–Crippen MR) is 89.0 cm³/mol. The minimum Gasteiger partial charge on any atom is -0.474 e. The minimum atomic E-state index is 0.0605. The van der Waals surface area contributed by atoms with E-state index in [1.807, 2.05) is 35.2 Å². The number of amides is 1. The summed E-state index contributed by atoms with van der Waals surface area (Å²) in [6.07, 6.45) is 3.72. The maximum atomic E-state index is 12.4. The third-order valence-electron chi connectivity index (χ3n) is 4.07. The lowest BCUT2D eigenvalue weighted by atomic mass is 10.1. The van der Waals surface area contributed by atoms with Crippen molar-refractivity contribution in [2.75, 3.05) is 20.2 Å². The highest BCUT2D eigenvalue weighted by Gasteiger charge is 2.24. The largest absolute Gasteiger partial charge is 0.474 e.